The van der Waals surface area contributed by atoms with Crippen LogP contribution >= 0.6 is 11.3 Å². The topological polar surface area (TPSA) is 70.0 Å². The van der Waals surface area contributed by atoms with Gasteiger partial charge in [-0.05, 0) is 11.4 Å². The van der Waals surface area contributed by atoms with E-state index in [0.29, 0.717) is 4.68 Å². The molecule has 2 aromatic rings. The van der Waals surface area contributed by atoms with Gasteiger partial charge in [0.2, 0.25) is 0 Å². The smallest absolute Gasteiger partial charge is 0.410 e. The van der Waals surface area contributed by atoms with Crippen LogP contribution in [0.25, 0.3) is 0 Å². The monoisotopic (exact) mass is 316 g/mol. The first kappa shape index (κ1) is 13.9. The van der Waals surface area contributed by atoms with Gasteiger partial charge in [-0.3, -0.25) is 0 Å². The Hall–Kier alpha value is -2.03. The van der Waals surface area contributed by atoms with E-state index in [9.17, 15) is 23.1 Å². The summed E-state index contributed by atoms with van der Waals surface area (Å²) in [5.41, 5.74) is -0.515. The molecule has 2 aromatic heterocycles. The molecule has 3 heterocycles. The summed E-state index contributed by atoms with van der Waals surface area (Å²) in [7, 11) is 0. The third kappa shape index (κ3) is 2.48. The van der Waals surface area contributed by atoms with Crippen LogP contribution in [0.4, 0.5) is 19.0 Å². The van der Waals surface area contributed by atoms with E-state index in [2.05, 4.69) is 10.4 Å². The maximum absolute atomic E-state index is 13.2. The van der Waals surface area contributed by atoms with Crippen molar-refractivity contribution in [2.45, 2.75) is 24.7 Å². The van der Waals surface area contributed by atoms with E-state index in [-0.39, 0.29) is 12.2 Å². The van der Waals surface area contributed by atoms with Gasteiger partial charge in [0.15, 0.2) is 6.04 Å². The minimum atomic E-state index is -4.51. The Morgan fingerprint density at radius 2 is 2.29 bits per heavy atom. The molecule has 1 N–H and O–H groups in total. The van der Waals surface area contributed by atoms with Crippen LogP contribution in [0.3, 0.4) is 0 Å². The van der Waals surface area contributed by atoms with E-state index in [1.54, 1.807) is 17.5 Å². The van der Waals surface area contributed by atoms with Gasteiger partial charge < -0.3 is 15.2 Å². The highest BCUT2D eigenvalue weighted by molar-refractivity contribution is 7.10. The van der Waals surface area contributed by atoms with Crippen molar-refractivity contribution in [2.24, 2.45) is 0 Å². The number of alkyl halides is 3. The molecule has 0 amide bonds. The number of anilines is 1. The number of carbonyl (C=O) groups excluding carboxylic acids is 1. The Morgan fingerprint density at radius 1 is 1.52 bits per heavy atom. The van der Waals surface area contributed by atoms with Crippen molar-refractivity contribution in [2.75, 3.05) is 5.32 Å². The van der Waals surface area contributed by atoms with Crippen LogP contribution < -0.4 is 10.4 Å². The standard InChI is InChI=1S/C12H10F3N3O2S/c13-12(14,15)9-4-6(8-2-1-3-21-8)16-10-5-7(11(19)20)17-18(9)10/h1-3,5-6,9,16H,4H2,(H,19,20)/p-1. The van der Waals surface area contributed by atoms with E-state index in [1.165, 1.54) is 11.3 Å². The number of carboxylic acids is 1. The van der Waals surface area contributed by atoms with Gasteiger partial charge in [-0.1, -0.05) is 6.07 Å². The molecule has 0 aliphatic carbocycles. The number of fused-ring (bicyclic) bond motifs is 1. The molecule has 0 saturated heterocycles. The number of rotatable bonds is 2. The number of halogens is 3. The highest BCUT2D eigenvalue weighted by atomic mass is 32.1. The fraction of sp³-hybridized carbons (Fsp3) is 0.333. The zero-order valence-corrected chi connectivity index (χ0v) is 11.2. The van der Waals surface area contributed by atoms with Crippen molar-refractivity contribution in [1.29, 1.82) is 0 Å². The summed E-state index contributed by atoms with van der Waals surface area (Å²) in [5, 5.41) is 19.0. The lowest BCUT2D eigenvalue weighted by Crippen LogP contribution is -2.35. The molecule has 0 spiro atoms. The molecule has 0 bridgehead atoms. The molecule has 0 saturated carbocycles. The summed E-state index contributed by atoms with van der Waals surface area (Å²) in [6.45, 7) is 0. The van der Waals surface area contributed by atoms with Crippen LogP contribution in [0.1, 0.15) is 33.9 Å². The SMILES string of the molecule is O=C([O-])c1cc2n(n1)C(C(F)(F)F)CC(c1cccs1)N2. The van der Waals surface area contributed by atoms with E-state index >= 15 is 0 Å². The van der Waals surface area contributed by atoms with E-state index in [0.717, 1.165) is 10.9 Å². The van der Waals surface area contributed by atoms with Gasteiger partial charge in [0, 0.05) is 17.4 Å². The largest absolute Gasteiger partial charge is 0.543 e. The van der Waals surface area contributed by atoms with Crippen LogP contribution in [-0.4, -0.2) is 21.9 Å². The van der Waals surface area contributed by atoms with Crippen LogP contribution in [0.2, 0.25) is 0 Å². The summed E-state index contributed by atoms with van der Waals surface area (Å²) in [5.74, 6) is -1.58. The molecule has 3 rings (SSSR count). The first-order chi connectivity index (χ1) is 9.86. The second-order valence-electron chi connectivity index (χ2n) is 4.65. The molecule has 0 radical (unpaired) electrons. The average Bonchev–Trinajstić information content (AvgIpc) is 3.05. The minimum Gasteiger partial charge on any atom is -0.543 e. The lowest BCUT2D eigenvalue weighted by molar-refractivity contribution is -0.255. The molecular weight excluding hydrogens is 307 g/mol. The van der Waals surface area contributed by atoms with E-state index < -0.39 is 29.9 Å². The molecule has 0 fully saturated rings. The maximum atomic E-state index is 13.2. The summed E-state index contributed by atoms with van der Waals surface area (Å²) < 4.78 is 40.3. The summed E-state index contributed by atoms with van der Waals surface area (Å²) in [6.07, 6.45) is -4.76. The third-order valence-corrected chi connectivity index (χ3v) is 4.27. The van der Waals surface area contributed by atoms with E-state index in [4.69, 9.17) is 0 Å². The lowest BCUT2D eigenvalue weighted by atomic mass is 10.0. The van der Waals surface area contributed by atoms with Gasteiger partial charge in [-0.15, -0.1) is 11.3 Å². The number of thiophene rings is 1. The van der Waals surface area contributed by atoms with Crippen LogP contribution in [0.5, 0.6) is 0 Å². The third-order valence-electron chi connectivity index (χ3n) is 3.29. The number of carbonyl (C=O) groups is 1. The highest BCUT2D eigenvalue weighted by Crippen LogP contribution is 2.44. The normalized spacial score (nSPS) is 21.7. The zero-order chi connectivity index (χ0) is 15.2. The number of carboxylic acid groups (broad SMARTS) is 1. The number of aromatic nitrogens is 2. The number of nitrogens with zero attached hydrogens (tertiary/aromatic N) is 2. The molecule has 2 unspecified atom stereocenters. The Bertz CT molecular complexity index is 666. The van der Waals surface area contributed by atoms with Gasteiger partial charge >= 0.3 is 6.18 Å². The molecule has 21 heavy (non-hydrogen) atoms. The van der Waals surface area contributed by atoms with Gasteiger partial charge in [-0.25, -0.2) is 4.68 Å². The van der Waals surface area contributed by atoms with Crippen LogP contribution in [0.15, 0.2) is 23.6 Å². The Morgan fingerprint density at radius 3 is 2.86 bits per heavy atom. The Labute approximate surface area is 121 Å². The summed E-state index contributed by atoms with van der Waals surface area (Å²) in [6, 6.07) is 2.15. The quantitative estimate of drug-likeness (QED) is 0.919. The van der Waals surface area contributed by atoms with Crippen molar-refractivity contribution < 1.29 is 23.1 Å². The predicted molar refractivity (Wildman–Crippen MR) is 66.9 cm³/mol. The minimum absolute atomic E-state index is 0.0289. The van der Waals surface area contributed by atoms with Gasteiger partial charge in [0.1, 0.15) is 11.5 Å². The van der Waals surface area contributed by atoms with Crippen LogP contribution in [0, 0.1) is 0 Å². The fourth-order valence-electron chi connectivity index (χ4n) is 2.35. The second kappa shape index (κ2) is 4.76. The maximum Gasteiger partial charge on any atom is 0.410 e. The van der Waals surface area contributed by atoms with Crippen molar-refractivity contribution in [1.82, 2.24) is 9.78 Å². The first-order valence-corrected chi connectivity index (χ1v) is 6.92. The predicted octanol–water partition coefficient (Wildman–Crippen LogP) is 1.97. The molecule has 9 heteroatoms. The zero-order valence-electron chi connectivity index (χ0n) is 10.4. The van der Waals surface area contributed by atoms with Crippen LogP contribution in [-0.2, 0) is 0 Å². The molecule has 0 aromatic carbocycles. The van der Waals surface area contributed by atoms with Crippen molar-refractivity contribution in [3.05, 3.63) is 34.2 Å². The number of hydrogen-bond donors (Lipinski definition) is 1. The molecule has 1 aliphatic heterocycles. The molecular formula is C12H9F3N3O2S-. The molecule has 1 aliphatic rings. The number of hydrogen-bond acceptors (Lipinski definition) is 5. The van der Waals surface area contributed by atoms with Gasteiger partial charge in [0.25, 0.3) is 0 Å². The molecule has 112 valence electrons. The Kier molecular flexibility index (Phi) is 3.16. The summed E-state index contributed by atoms with van der Waals surface area (Å²) in [4.78, 5) is 11.5. The number of aromatic carboxylic acids is 1. The molecule has 5 nitrogen and oxygen atoms in total. The Balaban J connectivity index is 2.03. The molecule has 2 atom stereocenters. The lowest BCUT2D eigenvalue weighted by Gasteiger charge is -2.32. The van der Waals surface area contributed by atoms with Crippen molar-refractivity contribution in [3.63, 3.8) is 0 Å². The van der Waals surface area contributed by atoms with Crippen molar-refractivity contribution in [3.8, 4) is 0 Å². The van der Waals surface area contributed by atoms with E-state index in [1.807, 2.05) is 0 Å². The average molecular weight is 316 g/mol. The second-order valence-corrected chi connectivity index (χ2v) is 5.63. The highest BCUT2D eigenvalue weighted by Gasteiger charge is 2.46. The van der Waals surface area contributed by atoms with Gasteiger partial charge in [-0.2, -0.15) is 18.3 Å². The van der Waals surface area contributed by atoms with Gasteiger partial charge in [0.05, 0.1) is 12.0 Å². The number of nitrogens with one attached hydrogen (secondary N) is 1. The first-order valence-electron chi connectivity index (χ1n) is 6.04. The fourth-order valence-corrected chi connectivity index (χ4v) is 3.14. The van der Waals surface area contributed by atoms with Crippen molar-refractivity contribution >= 4 is 23.1 Å². The summed E-state index contributed by atoms with van der Waals surface area (Å²) >= 11 is 1.34.